The van der Waals surface area contributed by atoms with Crippen molar-refractivity contribution in [1.82, 2.24) is 9.78 Å². The first-order chi connectivity index (χ1) is 7.20. The van der Waals surface area contributed by atoms with Crippen molar-refractivity contribution in [1.29, 1.82) is 0 Å². The first-order valence-corrected chi connectivity index (χ1v) is 5.07. The highest BCUT2D eigenvalue weighted by atomic mass is 35.5. The first kappa shape index (κ1) is 10.2. The van der Waals surface area contributed by atoms with Crippen LogP contribution >= 0.6 is 11.6 Å². The zero-order valence-electron chi connectivity index (χ0n) is 8.24. The standard InChI is InChI=1S/C11H10ClFN2/c1-15-7-9(6-14-15)10-3-2-8(5-12)4-11(10)13/h2-4,6-7H,5H2,1H3. The Labute approximate surface area is 92.3 Å². The second-order valence-electron chi connectivity index (χ2n) is 3.35. The lowest BCUT2D eigenvalue weighted by atomic mass is 10.1. The monoisotopic (exact) mass is 224 g/mol. The summed E-state index contributed by atoms with van der Waals surface area (Å²) in [5.74, 6) is 0.0608. The van der Waals surface area contributed by atoms with E-state index in [1.54, 1.807) is 30.2 Å². The van der Waals surface area contributed by atoms with E-state index < -0.39 is 0 Å². The summed E-state index contributed by atoms with van der Waals surface area (Å²) in [6.07, 6.45) is 3.41. The summed E-state index contributed by atoms with van der Waals surface area (Å²) < 4.78 is 15.3. The number of alkyl halides is 1. The minimum Gasteiger partial charge on any atom is -0.275 e. The van der Waals surface area contributed by atoms with Gasteiger partial charge in [-0.3, -0.25) is 4.68 Å². The van der Waals surface area contributed by atoms with Gasteiger partial charge in [0.1, 0.15) is 5.82 Å². The molecule has 78 valence electrons. The van der Waals surface area contributed by atoms with Gasteiger partial charge in [-0.05, 0) is 11.6 Å². The highest BCUT2D eigenvalue weighted by Crippen LogP contribution is 2.23. The average Bonchev–Trinajstić information content (AvgIpc) is 2.64. The van der Waals surface area contributed by atoms with E-state index in [1.165, 1.54) is 6.07 Å². The molecule has 4 heteroatoms. The molecule has 1 heterocycles. The van der Waals surface area contributed by atoms with Crippen LogP contribution in [0.3, 0.4) is 0 Å². The smallest absolute Gasteiger partial charge is 0.131 e. The number of aryl methyl sites for hydroxylation is 1. The van der Waals surface area contributed by atoms with Crippen LogP contribution in [-0.4, -0.2) is 9.78 Å². The van der Waals surface area contributed by atoms with Crippen molar-refractivity contribution < 1.29 is 4.39 Å². The Morgan fingerprint density at radius 3 is 2.80 bits per heavy atom. The van der Waals surface area contributed by atoms with E-state index >= 15 is 0 Å². The van der Waals surface area contributed by atoms with Gasteiger partial charge < -0.3 is 0 Å². The van der Waals surface area contributed by atoms with Gasteiger partial charge >= 0.3 is 0 Å². The molecule has 0 bridgehead atoms. The molecule has 0 aliphatic rings. The van der Waals surface area contributed by atoms with E-state index in [0.717, 1.165) is 11.1 Å². The van der Waals surface area contributed by atoms with Crippen LogP contribution in [0.25, 0.3) is 11.1 Å². The van der Waals surface area contributed by atoms with Crippen LogP contribution in [0, 0.1) is 5.82 Å². The molecule has 2 nitrogen and oxygen atoms in total. The van der Waals surface area contributed by atoms with Crippen molar-refractivity contribution >= 4 is 11.6 Å². The van der Waals surface area contributed by atoms with Crippen molar-refractivity contribution in [2.75, 3.05) is 0 Å². The minimum atomic E-state index is -0.263. The van der Waals surface area contributed by atoms with Crippen molar-refractivity contribution in [3.05, 3.63) is 42.0 Å². The summed E-state index contributed by atoms with van der Waals surface area (Å²) in [6, 6.07) is 5.00. The molecule has 1 aromatic heterocycles. The second-order valence-corrected chi connectivity index (χ2v) is 3.62. The van der Waals surface area contributed by atoms with E-state index in [4.69, 9.17) is 11.6 Å². The minimum absolute atomic E-state index is 0.263. The molecule has 0 saturated heterocycles. The maximum atomic E-state index is 13.6. The first-order valence-electron chi connectivity index (χ1n) is 4.54. The molecule has 0 fully saturated rings. The molecule has 2 rings (SSSR count). The van der Waals surface area contributed by atoms with Gasteiger partial charge in [0.15, 0.2) is 0 Å². The lowest BCUT2D eigenvalue weighted by Gasteiger charge is -2.01. The van der Waals surface area contributed by atoms with Gasteiger partial charge in [0, 0.05) is 30.3 Å². The Balaban J connectivity index is 2.45. The quantitative estimate of drug-likeness (QED) is 0.718. The maximum Gasteiger partial charge on any atom is 0.131 e. The molecular formula is C11H10ClFN2. The molecule has 15 heavy (non-hydrogen) atoms. The number of hydrogen-bond acceptors (Lipinski definition) is 1. The number of aromatic nitrogens is 2. The Morgan fingerprint density at radius 2 is 2.27 bits per heavy atom. The summed E-state index contributed by atoms with van der Waals surface area (Å²) in [7, 11) is 1.80. The molecule has 1 aromatic carbocycles. The SMILES string of the molecule is Cn1cc(-c2ccc(CCl)cc2F)cn1. The molecule has 0 spiro atoms. The predicted octanol–water partition coefficient (Wildman–Crippen LogP) is 2.97. The van der Waals surface area contributed by atoms with Crippen LogP contribution in [-0.2, 0) is 12.9 Å². The fraction of sp³-hybridized carbons (Fsp3) is 0.182. The third-order valence-corrected chi connectivity index (χ3v) is 2.51. The number of rotatable bonds is 2. The van der Waals surface area contributed by atoms with Crippen LogP contribution in [0.2, 0.25) is 0 Å². The lowest BCUT2D eigenvalue weighted by molar-refractivity contribution is 0.630. The molecular weight excluding hydrogens is 215 g/mol. The van der Waals surface area contributed by atoms with Crippen molar-refractivity contribution in [2.45, 2.75) is 5.88 Å². The van der Waals surface area contributed by atoms with Gasteiger partial charge in [-0.1, -0.05) is 12.1 Å². The molecule has 0 aliphatic carbocycles. The normalized spacial score (nSPS) is 10.6. The van der Waals surface area contributed by atoms with E-state index in [2.05, 4.69) is 5.10 Å². The zero-order chi connectivity index (χ0) is 10.8. The molecule has 2 aromatic rings. The van der Waals surface area contributed by atoms with Crippen molar-refractivity contribution in [3.8, 4) is 11.1 Å². The van der Waals surface area contributed by atoms with Crippen LogP contribution < -0.4 is 0 Å². The topological polar surface area (TPSA) is 17.8 Å². The average molecular weight is 225 g/mol. The number of hydrogen-bond donors (Lipinski definition) is 0. The molecule has 0 unspecified atom stereocenters. The van der Waals surface area contributed by atoms with E-state index in [1.807, 2.05) is 6.07 Å². The Hall–Kier alpha value is -1.35. The van der Waals surface area contributed by atoms with Crippen LogP contribution in [0.15, 0.2) is 30.6 Å². The van der Waals surface area contributed by atoms with Gasteiger partial charge in [0.2, 0.25) is 0 Å². The molecule has 0 saturated carbocycles. The number of benzene rings is 1. The zero-order valence-corrected chi connectivity index (χ0v) is 9.00. The lowest BCUT2D eigenvalue weighted by Crippen LogP contribution is -1.87. The van der Waals surface area contributed by atoms with Crippen LogP contribution in [0.1, 0.15) is 5.56 Å². The Kier molecular flexibility index (Phi) is 2.73. The number of halogens is 2. The van der Waals surface area contributed by atoms with Crippen LogP contribution in [0.4, 0.5) is 4.39 Å². The Bertz CT molecular complexity index is 479. The molecule has 0 radical (unpaired) electrons. The van der Waals surface area contributed by atoms with E-state index in [0.29, 0.717) is 11.4 Å². The van der Waals surface area contributed by atoms with Gasteiger partial charge in [-0.15, -0.1) is 11.6 Å². The third kappa shape index (κ3) is 2.02. The second kappa shape index (κ2) is 4.03. The van der Waals surface area contributed by atoms with Crippen molar-refractivity contribution in [3.63, 3.8) is 0 Å². The molecule has 0 atom stereocenters. The molecule has 0 aliphatic heterocycles. The molecule has 0 amide bonds. The summed E-state index contributed by atoms with van der Waals surface area (Å²) in [5.41, 5.74) is 2.11. The van der Waals surface area contributed by atoms with Crippen LogP contribution in [0.5, 0.6) is 0 Å². The van der Waals surface area contributed by atoms with E-state index in [-0.39, 0.29) is 5.82 Å². The Morgan fingerprint density at radius 1 is 1.47 bits per heavy atom. The third-order valence-electron chi connectivity index (χ3n) is 2.20. The maximum absolute atomic E-state index is 13.6. The summed E-state index contributed by atoms with van der Waals surface area (Å²) in [5, 5.41) is 4.00. The van der Waals surface area contributed by atoms with Gasteiger partial charge in [0.05, 0.1) is 6.20 Å². The van der Waals surface area contributed by atoms with Gasteiger partial charge in [-0.25, -0.2) is 4.39 Å². The van der Waals surface area contributed by atoms with Crippen molar-refractivity contribution in [2.24, 2.45) is 7.05 Å². The van der Waals surface area contributed by atoms with E-state index in [9.17, 15) is 4.39 Å². The molecule has 0 N–H and O–H groups in total. The van der Waals surface area contributed by atoms with Gasteiger partial charge in [-0.2, -0.15) is 5.10 Å². The largest absolute Gasteiger partial charge is 0.275 e. The highest BCUT2D eigenvalue weighted by molar-refractivity contribution is 6.17. The summed E-state index contributed by atoms with van der Waals surface area (Å²) in [4.78, 5) is 0. The van der Waals surface area contributed by atoms with Gasteiger partial charge in [0.25, 0.3) is 0 Å². The fourth-order valence-electron chi connectivity index (χ4n) is 1.44. The fourth-order valence-corrected chi connectivity index (χ4v) is 1.60. The predicted molar refractivity (Wildman–Crippen MR) is 58.2 cm³/mol. The summed E-state index contributed by atoms with van der Waals surface area (Å²) >= 11 is 5.62. The summed E-state index contributed by atoms with van der Waals surface area (Å²) in [6.45, 7) is 0. The number of nitrogens with zero attached hydrogens (tertiary/aromatic N) is 2. The highest BCUT2D eigenvalue weighted by Gasteiger charge is 2.07.